The molecule has 0 unspecified atom stereocenters. The molecule has 0 radical (unpaired) electrons. The Bertz CT molecular complexity index is 2530. The SMILES string of the molecule is CC.CC.COc1cc2ncnc(Cl)c2cc1OC.COc1cc2ncnc(Nc3ccc(O)c4ccccc34)c2cc1OC.Nc1ccc(O)c2ccccc12. The first kappa shape index (κ1) is 42.9. The third-order valence-corrected chi connectivity index (χ3v) is 8.62. The van der Waals surface area contributed by atoms with E-state index in [-0.39, 0.29) is 11.5 Å². The van der Waals surface area contributed by atoms with Crippen LogP contribution in [0, 0.1) is 0 Å². The van der Waals surface area contributed by atoms with Crippen molar-refractivity contribution in [2.75, 3.05) is 39.5 Å². The van der Waals surface area contributed by atoms with Gasteiger partial charge in [0.05, 0.1) is 39.5 Å². The number of fused-ring (bicyclic) bond motifs is 4. The molecule has 5 N–H and O–H groups in total. The van der Waals surface area contributed by atoms with Crippen molar-refractivity contribution in [1.29, 1.82) is 0 Å². The largest absolute Gasteiger partial charge is 0.507 e. The van der Waals surface area contributed by atoms with Crippen LogP contribution < -0.4 is 30.0 Å². The molecular formula is C44H47ClN6O6. The Kier molecular flexibility index (Phi) is 15.6. The van der Waals surface area contributed by atoms with Gasteiger partial charge in [-0.05, 0) is 36.4 Å². The summed E-state index contributed by atoms with van der Waals surface area (Å²) in [5.41, 5.74) is 8.72. The van der Waals surface area contributed by atoms with Crippen molar-refractivity contribution in [2.24, 2.45) is 0 Å². The van der Waals surface area contributed by atoms with Gasteiger partial charge in [0.2, 0.25) is 0 Å². The lowest BCUT2D eigenvalue weighted by atomic mass is 10.1. The number of ether oxygens (including phenoxy) is 4. The number of nitrogens with one attached hydrogen (secondary N) is 1. The number of aromatic nitrogens is 4. The van der Waals surface area contributed by atoms with Crippen molar-refractivity contribution >= 4 is 72.1 Å². The molecule has 57 heavy (non-hydrogen) atoms. The molecule has 0 saturated carbocycles. The van der Waals surface area contributed by atoms with Gasteiger partial charge in [0.25, 0.3) is 0 Å². The van der Waals surface area contributed by atoms with Crippen LogP contribution in [0.2, 0.25) is 5.15 Å². The van der Waals surface area contributed by atoms with Gasteiger partial charge < -0.3 is 40.2 Å². The quantitative estimate of drug-likeness (QED) is 0.0716. The molecule has 2 aromatic heterocycles. The van der Waals surface area contributed by atoms with Gasteiger partial charge in [0.1, 0.15) is 35.1 Å². The number of nitrogen functional groups attached to an aromatic ring is 1. The molecule has 6 aromatic carbocycles. The minimum atomic E-state index is 0.241. The molecule has 296 valence electrons. The molecular weight excluding hydrogens is 744 g/mol. The second-order valence-electron chi connectivity index (χ2n) is 11.4. The van der Waals surface area contributed by atoms with E-state index in [0.29, 0.717) is 39.7 Å². The second-order valence-corrected chi connectivity index (χ2v) is 11.7. The lowest BCUT2D eigenvalue weighted by Crippen LogP contribution is -1.98. The first-order valence-corrected chi connectivity index (χ1v) is 18.5. The van der Waals surface area contributed by atoms with Crippen molar-refractivity contribution < 1.29 is 29.2 Å². The Hall–Kier alpha value is -6.79. The zero-order chi connectivity index (χ0) is 41.5. The molecule has 12 nitrogen and oxygen atoms in total. The highest BCUT2D eigenvalue weighted by atomic mass is 35.5. The maximum Gasteiger partial charge on any atom is 0.162 e. The Morgan fingerprint density at radius 2 is 0.947 bits per heavy atom. The topological polar surface area (TPSA) is 167 Å². The molecule has 0 aliphatic rings. The van der Waals surface area contributed by atoms with Crippen LogP contribution in [0.15, 0.2) is 110 Å². The van der Waals surface area contributed by atoms with Crippen LogP contribution in [0.25, 0.3) is 43.4 Å². The summed E-state index contributed by atoms with van der Waals surface area (Å²) >= 11 is 5.93. The number of benzene rings is 6. The van der Waals surface area contributed by atoms with Crippen LogP contribution in [0.1, 0.15) is 27.7 Å². The lowest BCUT2D eigenvalue weighted by molar-refractivity contribution is 0.356. The Morgan fingerprint density at radius 3 is 1.49 bits per heavy atom. The second kappa shape index (κ2) is 20.8. The zero-order valence-electron chi connectivity index (χ0n) is 33.2. The summed E-state index contributed by atoms with van der Waals surface area (Å²) in [4.78, 5) is 16.7. The minimum Gasteiger partial charge on any atom is -0.507 e. The highest BCUT2D eigenvalue weighted by Gasteiger charge is 2.13. The predicted molar refractivity (Wildman–Crippen MR) is 232 cm³/mol. The van der Waals surface area contributed by atoms with Gasteiger partial charge >= 0.3 is 0 Å². The van der Waals surface area contributed by atoms with E-state index in [2.05, 4.69) is 25.3 Å². The van der Waals surface area contributed by atoms with Gasteiger partial charge in [-0.15, -0.1) is 0 Å². The molecule has 2 heterocycles. The van der Waals surface area contributed by atoms with E-state index >= 15 is 0 Å². The van der Waals surface area contributed by atoms with E-state index in [9.17, 15) is 10.2 Å². The third kappa shape index (κ3) is 9.91. The van der Waals surface area contributed by atoms with Crippen LogP contribution in [-0.4, -0.2) is 58.6 Å². The fraction of sp³-hybridized carbons (Fsp3) is 0.182. The summed E-state index contributed by atoms with van der Waals surface area (Å²) < 4.78 is 21.0. The Morgan fingerprint density at radius 1 is 0.509 bits per heavy atom. The summed E-state index contributed by atoms with van der Waals surface area (Å²) in [6.07, 6.45) is 2.91. The van der Waals surface area contributed by atoms with E-state index in [1.54, 1.807) is 58.8 Å². The molecule has 8 rings (SSSR count). The number of nitrogens with zero attached hydrogens (tertiary/aromatic N) is 4. The summed E-state index contributed by atoms with van der Waals surface area (Å²) in [5.74, 6) is 3.62. The molecule has 0 aliphatic heterocycles. The van der Waals surface area contributed by atoms with Crippen LogP contribution in [-0.2, 0) is 0 Å². The average Bonchev–Trinajstić information content (AvgIpc) is 3.27. The number of rotatable bonds is 6. The number of methoxy groups -OCH3 is 4. The predicted octanol–water partition coefficient (Wildman–Crippen LogP) is 10.7. The number of anilines is 3. The van der Waals surface area contributed by atoms with E-state index in [0.717, 1.165) is 49.0 Å². The van der Waals surface area contributed by atoms with E-state index < -0.39 is 0 Å². The molecule has 0 bridgehead atoms. The maximum absolute atomic E-state index is 10.1. The smallest absolute Gasteiger partial charge is 0.162 e. The van der Waals surface area contributed by atoms with Crippen LogP contribution in [0.3, 0.4) is 0 Å². The lowest BCUT2D eigenvalue weighted by Gasteiger charge is -2.13. The molecule has 0 amide bonds. The minimum absolute atomic E-state index is 0.241. The van der Waals surface area contributed by atoms with Gasteiger partial charge in [0.15, 0.2) is 23.0 Å². The molecule has 0 spiro atoms. The van der Waals surface area contributed by atoms with Crippen molar-refractivity contribution in [3.8, 4) is 34.5 Å². The zero-order valence-corrected chi connectivity index (χ0v) is 33.9. The van der Waals surface area contributed by atoms with E-state index in [1.807, 2.05) is 94.4 Å². The molecule has 8 aromatic rings. The number of nitrogens with two attached hydrogens (primary N) is 1. The molecule has 0 saturated heterocycles. The van der Waals surface area contributed by atoms with E-state index in [1.165, 1.54) is 12.7 Å². The van der Waals surface area contributed by atoms with Crippen molar-refractivity contribution in [3.05, 3.63) is 115 Å². The van der Waals surface area contributed by atoms with Crippen molar-refractivity contribution in [1.82, 2.24) is 19.9 Å². The average molecular weight is 791 g/mol. The summed E-state index contributed by atoms with van der Waals surface area (Å²) in [5, 5.41) is 28.2. The fourth-order valence-corrected chi connectivity index (χ4v) is 5.86. The fourth-order valence-electron chi connectivity index (χ4n) is 5.66. The number of aromatic hydroxyl groups is 2. The number of hydrogen-bond donors (Lipinski definition) is 4. The van der Waals surface area contributed by atoms with Crippen LogP contribution in [0.4, 0.5) is 17.2 Å². The number of halogens is 1. The van der Waals surface area contributed by atoms with Crippen molar-refractivity contribution in [3.63, 3.8) is 0 Å². The molecule has 0 atom stereocenters. The highest BCUT2D eigenvalue weighted by Crippen LogP contribution is 2.37. The Labute approximate surface area is 336 Å². The number of phenolic OH excluding ortho intramolecular Hbond substituents is 2. The third-order valence-electron chi connectivity index (χ3n) is 8.32. The monoisotopic (exact) mass is 790 g/mol. The normalized spacial score (nSPS) is 10.1. The summed E-state index contributed by atoms with van der Waals surface area (Å²) in [7, 11) is 6.33. The van der Waals surface area contributed by atoms with Gasteiger partial charge in [-0.25, -0.2) is 19.9 Å². The first-order valence-electron chi connectivity index (χ1n) is 18.1. The van der Waals surface area contributed by atoms with Crippen molar-refractivity contribution in [2.45, 2.75) is 27.7 Å². The maximum atomic E-state index is 10.1. The summed E-state index contributed by atoms with van der Waals surface area (Å²) in [6.45, 7) is 8.00. The number of hydrogen-bond acceptors (Lipinski definition) is 12. The standard InChI is InChI=1S/C20H17N3O3.C10H9ClN2O2.C10H9NO.2C2H6/c1-25-18-9-14-16(10-19(18)26-2)21-11-22-20(14)23-15-7-8-17(24)13-6-4-3-5-12(13)15;1-14-8-3-6-7(4-9(8)15-2)12-5-13-10(6)11;11-9-5-6-10(12)8-4-2-1-3-7(8)9;2*1-2/h3-11,24H,1-2H3,(H,21,22,23);3-5H,1-2H3;1-6,12H,11H2;2*1-2H3. The molecule has 13 heteroatoms. The number of phenols is 2. The van der Waals surface area contributed by atoms with Gasteiger partial charge in [-0.3, -0.25) is 0 Å². The first-order chi connectivity index (χ1) is 27.8. The Balaban J connectivity index is 0.000000197. The highest BCUT2D eigenvalue weighted by molar-refractivity contribution is 6.34. The van der Waals surface area contributed by atoms with Gasteiger partial charge in [-0.1, -0.05) is 87.8 Å². The molecule has 0 aliphatic carbocycles. The van der Waals surface area contributed by atoms with Gasteiger partial charge in [-0.2, -0.15) is 0 Å². The van der Waals surface area contributed by atoms with E-state index in [4.69, 9.17) is 36.3 Å². The molecule has 0 fully saturated rings. The summed E-state index contributed by atoms with van der Waals surface area (Å²) in [6, 6.07) is 29.2. The van der Waals surface area contributed by atoms with Gasteiger partial charge in [0, 0.05) is 55.8 Å². The van der Waals surface area contributed by atoms with Crippen LogP contribution >= 0.6 is 11.6 Å². The van der Waals surface area contributed by atoms with Crippen LogP contribution in [0.5, 0.6) is 34.5 Å².